The molecule has 0 heterocycles. The van der Waals surface area contributed by atoms with Gasteiger partial charge < -0.3 is 15.2 Å². The van der Waals surface area contributed by atoms with Gasteiger partial charge in [0.1, 0.15) is 5.60 Å². The fourth-order valence-corrected chi connectivity index (χ4v) is 2.76. The van der Waals surface area contributed by atoms with Crippen molar-refractivity contribution in [3.8, 4) is 0 Å². The molecule has 0 aliphatic heterocycles. The SMILES string of the molecule is CC1=C[C@@H](NC(=O)OC(C)(C)C)C[C@]1(C(=O)O)C(C)C. The Morgan fingerprint density at radius 1 is 1.45 bits per heavy atom. The third kappa shape index (κ3) is 3.32. The standard InChI is InChI=1S/C15H25NO4/c1-9(2)15(12(17)18)8-11(7-10(15)3)16-13(19)20-14(4,5)6/h7,9,11H,8H2,1-6H3,(H,16,19)(H,17,18)/t11-,15+/m1/s1. The Balaban J connectivity index is 2.80. The van der Waals surface area contributed by atoms with Crippen molar-refractivity contribution < 1.29 is 19.4 Å². The summed E-state index contributed by atoms with van der Waals surface area (Å²) in [6.45, 7) is 11.0. The van der Waals surface area contributed by atoms with Crippen molar-refractivity contribution in [2.45, 2.75) is 59.6 Å². The maximum absolute atomic E-state index is 11.8. The first-order valence-electron chi connectivity index (χ1n) is 6.91. The van der Waals surface area contributed by atoms with Crippen LogP contribution in [0.1, 0.15) is 48.0 Å². The number of hydrogen-bond donors (Lipinski definition) is 2. The van der Waals surface area contributed by atoms with Crippen molar-refractivity contribution in [1.82, 2.24) is 5.32 Å². The molecule has 1 rings (SSSR count). The van der Waals surface area contributed by atoms with E-state index in [9.17, 15) is 14.7 Å². The number of carbonyl (C=O) groups excluding carboxylic acids is 1. The summed E-state index contributed by atoms with van der Waals surface area (Å²) in [6, 6.07) is -0.302. The van der Waals surface area contributed by atoms with E-state index in [1.807, 2.05) is 26.8 Å². The summed E-state index contributed by atoms with van der Waals surface area (Å²) in [5, 5.41) is 12.3. The molecule has 20 heavy (non-hydrogen) atoms. The van der Waals surface area contributed by atoms with Crippen LogP contribution in [0.2, 0.25) is 0 Å². The zero-order valence-corrected chi connectivity index (χ0v) is 13.1. The third-order valence-electron chi connectivity index (χ3n) is 3.77. The maximum Gasteiger partial charge on any atom is 0.408 e. The van der Waals surface area contributed by atoms with Crippen molar-refractivity contribution in [1.29, 1.82) is 0 Å². The van der Waals surface area contributed by atoms with Crippen LogP contribution in [-0.2, 0) is 9.53 Å². The van der Waals surface area contributed by atoms with Crippen LogP contribution in [0.5, 0.6) is 0 Å². The largest absolute Gasteiger partial charge is 0.481 e. The lowest BCUT2D eigenvalue weighted by atomic mass is 9.72. The van der Waals surface area contributed by atoms with Gasteiger partial charge in [0, 0.05) is 0 Å². The molecule has 0 fully saturated rings. The van der Waals surface area contributed by atoms with Gasteiger partial charge in [0.05, 0.1) is 11.5 Å². The Labute approximate surface area is 120 Å². The molecule has 0 aromatic carbocycles. The van der Waals surface area contributed by atoms with Gasteiger partial charge in [-0.15, -0.1) is 0 Å². The molecule has 5 heteroatoms. The molecular formula is C15H25NO4. The number of carboxylic acid groups (broad SMARTS) is 1. The highest BCUT2D eigenvalue weighted by molar-refractivity contribution is 5.80. The molecule has 1 aliphatic carbocycles. The Bertz CT molecular complexity index is 434. The van der Waals surface area contributed by atoms with E-state index in [-0.39, 0.29) is 12.0 Å². The fourth-order valence-electron chi connectivity index (χ4n) is 2.76. The number of rotatable bonds is 3. The van der Waals surface area contributed by atoms with E-state index in [1.54, 1.807) is 20.8 Å². The Morgan fingerprint density at radius 3 is 2.35 bits per heavy atom. The quantitative estimate of drug-likeness (QED) is 0.781. The van der Waals surface area contributed by atoms with E-state index in [2.05, 4.69) is 5.32 Å². The van der Waals surface area contributed by atoms with Gasteiger partial charge in [-0.05, 0) is 40.0 Å². The number of carboxylic acids is 1. The van der Waals surface area contributed by atoms with E-state index >= 15 is 0 Å². The summed E-state index contributed by atoms with van der Waals surface area (Å²) in [6.07, 6.45) is 1.67. The molecule has 2 N–H and O–H groups in total. The highest BCUT2D eigenvalue weighted by atomic mass is 16.6. The lowest BCUT2D eigenvalue weighted by Crippen LogP contribution is -2.42. The van der Waals surface area contributed by atoms with Gasteiger partial charge in [-0.25, -0.2) is 4.79 Å². The number of aliphatic carboxylic acids is 1. The molecule has 0 saturated heterocycles. The summed E-state index contributed by atoms with van der Waals surface area (Å²) < 4.78 is 5.20. The average Bonchev–Trinajstić information content (AvgIpc) is 2.52. The number of alkyl carbamates (subject to hydrolysis) is 1. The minimum atomic E-state index is -0.903. The van der Waals surface area contributed by atoms with Crippen LogP contribution in [0.3, 0.4) is 0 Å². The topological polar surface area (TPSA) is 75.6 Å². The number of ether oxygens (including phenoxy) is 1. The van der Waals surface area contributed by atoms with Gasteiger partial charge in [-0.2, -0.15) is 0 Å². The van der Waals surface area contributed by atoms with Crippen LogP contribution in [-0.4, -0.2) is 28.8 Å². The van der Waals surface area contributed by atoms with E-state index in [4.69, 9.17) is 4.74 Å². The molecule has 0 spiro atoms. The van der Waals surface area contributed by atoms with Crippen LogP contribution in [0, 0.1) is 11.3 Å². The van der Waals surface area contributed by atoms with Gasteiger partial charge in [0.25, 0.3) is 0 Å². The van der Waals surface area contributed by atoms with Crippen molar-refractivity contribution in [3.63, 3.8) is 0 Å². The monoisotopic (exact) mass is 283 g/mol. The predicted octanol–water partition coefficient (Wildman–Crippen LogP) is 2.96. The molecule has 0 unspecified atom stereocenters. The van der Waals surface area contributed by atoms with E-state index in [1.165, 1.54) is 0 Å². The summed E-state index contributed by atoms with van der Waals surface area (Å²) in [5.74, 6) is -0.878. The van der Waals surface area contributed by atoms with Gasteiger partial charge in [0.15, 0.2) is 0 Å². The minimum absolute atomic E-state index is 0.0401. The van der Waals surface area contributed by atoms with Gasteiger partial charge in [0.2, 0.25) is 0 Å². The first-order chi connectivity index (χ1) is 8.99. The molecule has 0 aromatic rings. The molecule has 0 saturated carbocycles. The molecule has 0 bridgehead atoms. The minimum Gasteiger partial charge on any atom is -0.481 e. The van der Waals surface area contributed by atoms with Crippen molar-refractivity contribution in [3.05, 3.63) is 11.6 Å². The number of hydrogen-bond acceptors (Lipinski definition) is 3. The molecule has 0 aromatic heterocycles. The zero-order valence-electron chi connectivity index (χ0n) is 13.1. The highest BCUT2D eigenvalue weighted by Gasteiger charge is 2.48. The summed E-state index contributed by atoms with van der Waals surface area (Å²) in [5.41, 5.74) is -0.677. The Kier molecular flexibility index (Phi) is 4.52. The molecular weight excluding hydrogens is 258 g/mol. The zero-order chi connectivity index (χ0) is 15.7. The molecule has 5 nitrogen and oxygen atoms in total. The summed E-state index contributed by atoms with van der Waals surface area (Å²) in [7, 11) is 0. The molecule has 1 aliphatic rings. The maximum atomic E-state index is 11.8. The number of amides is 1. The van der Waals surface area contributed by atoms with Crippen LogP contribution in [0.4, 0.5) is 4.79 Å². The molecule has 1 amide bonds. The summed E-state index contributed by atoms with van der Waals surface area (Å²) in [4.78, 5) is 23.4. The lowest BCUT2D eigenvalue weighted by Gasteiger charge is -2.31. The highest BCUT2D eigenvalue weighted by Crippen LogP contribution is 2.45. The second-order valence-corrected chi connectivity index (χ2v) is 6.74. The van der Waals surface area contributed by atoms with Crippen LogP contribution < -0.4 is 5.32 Å². The van der Waals surface area contributed by atoms with E-state index < -0.39 is 23.1 Å². The third-order valence-corrected chi connectivity index (χ3v) is 3.77. The Hall–Kier alpha value is -1.52. The Morgan fingerprint density at radius 2 is 2.00 bits per heavy atom. The van der Waals surface area contributed by atoms with Crippen LogP contribution in [0.15, 0.2) is 11.6 Å². The average molecular weight is 283 g/mol. The van der Waals surface area contributed by atoms with Crippen LogP contribution in [0.25, 0.3) is 0 Å². The van der Waals surface area contributed by atoms with Crippen molar-refractivity contribution >= 4 is 12.1 Å². The van der Waals surface area contributed by atoms with Gasteiger partial charge in [-0.1, -0.05) is 25.5 Å². The molecule has 0 radical (unpaired) electrons. The van der Waals surface area contributed by atoms with Crippen molar-refractivity contribution in [2.75, 3.05) is 0 Å². The molecule has 2 atom stereocenters. The first kappa shape index (κ1) is 16.5. The van der Waals surface area contributed by atoms with Gasteiger partial charge in [-0.3, -0.25) is 4.79 Å². The normalized spacial score (nSPS) is 26.4. The number of nitrogens with one attached hydrogen (secondary N) is 1. The lowest BCUT2D eigenvalue weighted by molar-refractivity contribution is -0.149. The van der Waals surface area contributed by atoms with Crippen LogP contribution >= 0.6 is 0 Å². The fraction of sp³-hybridized carbons (Fsp3) is 0.733. The van der Waals surface area contributed by atoms with Crippen molar-refractivity contribution in [2.24, 2.45) is 11.3 Å². The smallest absolute Gasteiger partial charge is 0.408 e. The second kappa shape index (κ2) is 5.46. The van der Waals surface area contributed by atoms with Gasteiger partial charge >= 0.3 is 12.1 Å². The second-order valence-electron chi connectivity index (χ2n) is 6.74. The summed E-state index contributed by atoms with van der Waals surface area (Å²) >= 11 is 0. The predicted molar refractivity (Wildman–Crippen MR) is 76.4 cm³/mol. The first-order valence-corrected chi connectivity index (χ1v) is 6.91. The molecule has 114 valence electrons. The number of carbonyl (C=O) groups is 2. The van der Waals surface area contributed by atoms with E-state index in [0.717, 1.165) is 5.57 Å². The van der Waals surface area contributed by atoms with E-state index in [0.29, 0.717) is 6.42 Å².